The fraction of sp³-hybridized carbons (Fsp3) is 0.100. The van der Waals surface area contributed by atoms with Crippen molar-refractivity contribution in [3.63, 3.8) is 0 Å². The third-order valence-electron chi connectivity index (χ3n) is 4.63. The van der Waals surface area contributed by atoms with Crippen LogP contribution in [-0.2, 0) is 10.9 Å². The number of esters is 1. The minimum absolute atomic E-state index is 0.169. The van der Waals surface area contributed by atoms with Gasteiger partial charge >= 0.3 is 18.1 Å². The van der Waals surface area contributed by atoms with Crippen molar-refractivity contribution in [3.05, 3.63) is 62.8 Å². The van der Waals surface area contributed by atoms with Gasteiger partial charge in [0.2, 0.25) is 0 Å². The number of benzene rings is 1. The molecule has 0 spiro atoms. The van der Waals surface area contributed by atoms with Gasteiger partial charge in [-0.25, -0.2) is 18.7 Å². The number of aromatic carboxylic acids is 1. The van der Waals surface area contributed by atoms with E-state index in [1.165, 1.54) is 23.6 Å². The number of aromatic nitrogens is 3. The van der Waals surface area contributed by atoms with E-state index in [1.807, 2.05) is 0 Å². The fourth-order valence-corrected chi connectivity index (χ4v) is 4.29. The zero-order chi connectivity index (χ0) is 24.8. The lowest BCUT2D eigenvalue weighted by atomic mass is 10.0. The van der Waals surface area contributed by atoms with Crippen LogP contribution >= 0.6 is 22.9 Å². The highest BCUT2D eigenvalue weighted by atomic mass is 35.5. The number of ether oxygens (including phenoxy) is 1. The van der Waals surface area contributed by atoms with Crippen molar-refractivity contribution in [1.82, 2.24) is 14.9 Å². The first-order valence-electron chi connectivity index (χ1n) is 9.05. The minimum atomic E-state index is -5.08. The Kier molecular flexibility index (Phi) is 5.91. The number of methoxy groups -OCH3 is 1. The standard InChI is InChI=1S/C20H10ClF4N3O5S/c1-32-19(31)16-11(5-6-34-16)28-17(20(23,24)25)8(7-26-28)15-13(18(29)30)14(27-33-15)12-9(21)3-2-4-10(12)22/h2-7H,1H3,(H,29,30). The molecule has 4 aromatic rings. The Morgan fingerprint density at radius 2 is 2.00 bits per heavy atom. The van der Waals surface area contributed by atoms with Crippen molar-refractivity contribution in [2.45, 2.75) is 6.18 Å². The van der Waals surface area contributed by atoms with E-state index < -0.39 is 57.8 Å². The van der Waals surface area contributed by atoms with Gasteiger partial charge in [-0.2, -0.15) is 18.3 Å². The normalized spacial score (nSPS) is 11.6. The van der Waals surface area contributed by atoms with Gasteiger partial charge in [-0.05, 0) is 23.6 Å². The summed E-state index contributed by atoms with van der Waals surface area (Å²) < 4.78 is 66.9. The Morgan fingerprint density at radius 3 is 2.62 bits per heavy atom. The molecule has 0 bridgehead atoms. The Labute approximate surface area is 195 Å². The first-order chi connectivity index (χ1) is 16.1. The molecule has 1 N–H and O–H groups in total. The second-order valence-corrected chi connectivity index (χ2v) is 7.90. The molecule has 0 atom stereocenters. The molecular formula is C20H10ClF4N3O5S. The second-order valence-electron chi connectivity index (χ2n) is 6.58. The molecule has 3 aromatic heterocycles. The van der Waals surface area contributed by atoms with Crippen LogP contribution in [0.2, 0.25) is 5.02 Å². The van der Waals surface area contributed by atoms with Gasteiger partial charge in [-0.3, -0.25) is 0 Å². The number of carboxylic acid groups (broad SMARTS) is 1. The van der Waals surface area contributed by atoms with Gasteiger partial charge in [-0.15, -0.1) is 11.3 Å². The molecule has 176 valence electrons. The van der Waals surface area contributed by atoms with Crippen LogP contribution in [0.15, 0.2) is 40.4 Å². The topological polar surface area (TPSA) is 107 Å². The lowest BCUT2D eigenvalue weighted by Crippen LogP contribution is -2.16. The molecule has 3 heterocycles. The number of rotatable bonds is 5. The Hall–Kier alpha value is -3.71. The first kappa shape index (κ1) is 23.4. The molecule has 8 nitrogen and oxygen atoms in total. The van der Waals surface area contributed by atoms with Crippen LogP contribution in [0.3, 0.4) is 0 Å². The summed E-state index contributed by atoms with van der Waals surface area (Å²) >= 11 is 6.80. The lowest BCUT2D eigenvalue weighted by Gasteiger charge is -2.12. The quantitative estimate of drug-likeness (QED) is 0.274. The molecule has 4 rings (SSSR count). The van der Waals surface area contributed by atoms with Gasteiger partial charge in [0.1, 0.15) is 22.0 Å². The highest BCUT2D eigenvalue weighted by Gasteiger charge is 2.42. The summed E-state index contributed by atoms with van der Waals surface area (Å²) in [4.78, 5) is 23.8. The van der Waals surface area contributed by atoms with Crippen LogP contribution in [0.1, 0.15) is 25.7 Å². The van der Waals surface area contributed by atoms with Crippen LogP contribution in [0.25, 0.3) is 28.3 Å². The van der Waals surface area contributed by atoms with E-state index in [2.05, 4.69) is 15.0 Å². The van der Waals surface area contributed by atoms with E-state index >= 15 is 0 Å². The number of halogens is 5. The van der Waals surface area contributed by atoms with Gasteiger partial charge in [0, 0.05) is 0 Å². The highest BCUT2D eigenvalue weighted by molar-refractivity contribution is 7.12. The zero-order valence-corrected chi connectivity index (χ0v) is 18.3. The monoisotopic (exact) mass is 515 g/mol. The average molecular weight is 516 g/mol. The largest absolute Gasteiger partial charge is 0.477 e. The number of carbonyl (C=O) groups excluding carboxylic acids is 1. The fourth-order valence-electron chi connectivity index (χ4n) is 3.25. The molecule has 14 heteroatoms. The molecule has 0 saturated carbocycles. The van der Waals surface area contributed by atoms with Crippen molar-refractivity contribution in [1.29, 1.82) is 0 Å². The summed E-state index contributed by atoms with van der Waals surface area (Å²) in [5.74, 6) is -4.41. The number of carbonyl (C=O) groups is 2. The smallest absolute Gasteiger partial charge is 0.434 e. The summed E-state index contributed by atoms with van der Waals surface area (Å²) in [6, 6.07) is 4.70. The maximum Gasteiger partial charge on any atom is 0.434 e. The number of alkyl halides is 3. The predicted molar refractivity (Wildman–Crippen MR) is 111 cm³/mol. The van der Waals surface area contributed by atoms with Gasteiger partial charge in [0.05, 0.1) is 35.1 Å². The van der Waals surface area contributed by atoms with Gasteiger partial charge < -0.3 is 14.4 Å². The zero-order valence-electron chi connectivity index (χ0n) is 16.7. The second kappa shape index (κ2) is 8.57. The maximum absolute atomic E-state index is 14.4. The van der Waals surface area contributed by atoms with E-state index in [9.17, 15) is 32.3 Å². The summed E-state index contributed by atoms with van der Waals surface area (Å²) in [5, 5.41) is 18.1. The van der Waals surface area contributed by atoms with Crippen molar-refractivity contribution in [2.24, 2.45) is 0 Å². The predicted octanol–water partition coefficient (Wildman–Crippen LogP) is 5.55. The molecule has 0 unspecified atom stereocenters. The highest BCUT2D eigenvalue weighted by Crippen LogP contribution is 2.43. The molecule has 0 saturated heterocycles. The minimum Gasteiger partial charge on any atom is -0.477 e. The van der Waals surface area contributed by atoms with Crippen molar-refractivity contribution < 1.29 is 41.5 Å². The van der Waals surface area contributed by atoms with Crippen LogP contribution in [0, 0.1) is 5.82 Å². The third-order valence-corrected chi connectivity index (χ3v) is 5.83. The SMILES string of the molecule is COC(=O)c1sccc1-n1ncc(-c2onc(-c3c(F)cccc3Cl)c2C(=O)O)c1C(F)(F)F. The van der Waals surface area contributed by atoms with E-state index in [0.29, 0.717) is 10.9 Å². The third kappa shape index (κ3) is 3.82. The van der Waals surface area contributed by atoms with Crippen molar-refractivity contribution in [3.8, 4) is 28.3 Å². The Morgan fingerprint density at radius 1 is 1.26 bits per heavy atom. The molecule has 0 aliphatic carbocycles. The number of hydrogen-bond donors (Lipinski definition) is 1. The maximum atomic E-state index is 14.4. The summed E-state index contributed by atoms with van der Waals surface area (Å²) in [7, 11) is 1.06. The summed E-state index contributed by atoms with van der Waals surface area (Å²) in [6.45, 7) is 0. The number of thiophene rings is 1. The first-order valence-corrected chi connectivity index (χ1v) is 10.3. The van der Waals surface area contributed by atoms with Gasteiger partial charge in [0.25, 0.3) is 0 Å². The van der Waals surface area contributed by atoms with Crippen LogP contribution in [0.4, 0.5) is 17.6 Å². The number of hydrogen-bond acceptors (Lipinski definition) is 7. The van der Waals surface area contributed by atoms with E-state index in [4.69, 9.17) is 16.1 Å². The van der Waals surface area contributed by atoms with Gasteiger partial charge in [0.15, 0.2) is 11.5 Å². The van der Waals surface area contributed by atoms with Crippen LogP contribution in [0.5, 0.6) is 0 Å². The van der Waals surface area contributed by atoms with Crippen molar-refractivity contribution in [2.75, 3.05) is 7.11 Å². The number of carboxylic acids is 1. The van der Waals surface area contributed by atoms with Gasteiger partial charge in [-0.1, -0.05) is 22.8 Å². The molecule has 0 fully saturated rings. The van der Waals surface area contributed by atoms with Crippen molar-refractivity contribution >= 4 is 34.9 Å². The Bertz CT molecular complexity index is 1410. The number of nitrogens with zero attached hydrogens (tertiary/aromatic N) is 3. The molecule has 0 aliphatic heterocycles. The molecule has 0 aliphatic rings. The summed E-state index contributed by atoms with van der Waals surface area (Å²) in [5.41, 5.74) is -4.39. The Balaban J connectivity index is 1.99. The van der Waals surface area contributed by atoms with E-state index in [0.717, 1.165) is 24.5 Å². The molecule has 1 aromatic carbocycles. The molecular weight excluding hydrogens is 506 g/mol. The molecule has 34 heavy (non-hydrogen) atoms. The summed E-state index contributed by atoms with van der Waals surface area (Å²) in [6.07, 6.45) is -4.37. The van der Waals surface area contributed by atoms with E-state index in [1.54, 1.807) is 0 Å². The molecule has 0 amide bonds. The van der Waals surface area contributed by atoms with E-state index in [-0.39, 0.29) is 15.6 Å². The average Bonchev–Trinajstić information content (AvgIpc) is 3.49. The lowest BCUT2D eigenvalue weighted by molar-refractivity contribution is -0.142. The van der Waals surface area contributed by atoms with Crippen LogP contribution < -0.4 is 0 Å². The molecule has 0 radical (unpaired) electrons. The van der Waals surface area contributed by atoms with Crippen LogP contribution in [-0.4, -0.2) is 39.1 Å².